The number of aromatic nitrogens is 3. The lowest BCUT2D eigenvalue weighted by Crippen LogP contribution is -2.49. The number of piperidine rings is 1. The summed E-state index contributed by atoms with van der Waals surface area (Å²) in [5.41, 5.74) is 2.67. The van der Waals surface area contributed by atoms with E-state index in [2.05, 4.69) is 28.4 Å². The van der Waals surface area contributed by atoms with Crippen molar-refractivity contribution >= 4 is 40.3 Å². The number of benzene rings is 1. The molecule has 2 aromatic heterocycles. The van der Waals surface area contributed by atoms with E-state index in [-0.39, 0.29) is 29.8 Å². The first kappa shape index (κ1) is 26.9. The number of carbonyl (C=O) groups is 2. The van der Waals surface area contributed by atoms with Gasteiger partial charge in [0.15, 0.2) is 0 Å². The molecule has 8 nitrogen and oxygen atoms in total. The molecule has 39 heavy (non-hydrogen) atoms. The third-order valence-electron chi connectivity index (χ3n) is 7.98. The van der Waals surface area contributed by atoms with Crippen molar-refractivity contribution in [2.24, 2.45) is 5.92 Å². The van der Waals surface area contributed by atoms with E-state index in [0.717, 1.165) is 61.5 Å². The topological polar surface area (TPSA) is 94.2 Å². The molecule has 1 saturated carbocycles. The van der Waals surface area contributed by atoms with E-state index in [1.54, 1.807) is 6.20 Å². The summed E-state index contributed by atoms with van der Waals surface area (Å²) < 4.78 is 0. The van der Waals surface area contributed by atoms with Crippen molar-refractivity contribution in [1.82, 2.24) is 24.8 Å². The number of carbonyl (C=O) groups excluding carboxylic acids is 2. The summed E-state index contributed by atoms with van der Waals surface area (Å²) in [7, 11) is 0. The van der Waals surface area contributed by atoms with Crippen molar-refractivity contribution < 1.29 is 9.59 Å². The van der Waals surface area contributed by atoms with Gasteiger partial charge in [0.2, 0.25) is 17.8 Å². The highest BCUT2D eigenvalue weighted by Gasteiger charge is 2.32. The van der Waals surface area contributed by atoms with Crippen LogP contribution < -0.4 is 5.32 Å². The van der Waals surface area contributed by atoms with Crippen molar-refractivity contribution in [3.8, 4) is 11.3 Å². The molecule has 2 fully saturated rings. The van der Waals surface area contributed by atoms with Gasteiger partial charge in [-0.05, 0) is 62.7 Å². The molecule has 204 valence electrons. The fourth-order valence-electron chi connectivity index (χ4n) is 5.97. The first-order valence-electron chi connectivity index (χ1n) is 13.7. The van der Waals surface area contributed by atoms with Crippen LogP contribution in [0.4, 0.5) is 5.95 Å². The van der Waals surface area contributed by atoms with Gasteiger partial charge in [0, 0.05) is 54.4 Å². The molecule has 0 bridgehead atoms. The minimum atomic E-state index is -0.0389. The van der Waals surface area contributed by atoms with Crippen molar-refractivity contribution in [3.05, 3.63) is 67.0 Å². The van der Waals surface area contributed by atoms with Gasteiger partial charge in [-0.3, -0.25) is 9.59 Å². The Morgan fingerprint density at radius 2 is 1.95 bits per heavy atom. The van der Waals surface area contributed by atoms with Crippen LogP contribution in [0.1, 0.15) is 38.5 Å². The fourth-order valence-corrected chi connectivity index (χ4v) is 6.16. The monoisotopic (exact) mass is 546 g/mol. The summed E-state index contributed by atoms with van der Waals surface area (Å²) in [6.07, 6.45) is 11.9. The fraction of sp³-hybridized carbons (Fsp3) is 0.400. The van der Waals surface area contributed by atoms with Gasteiger partial charge in [-0.2, -0.15) is 0 Å². The highest BCUT2D eigenvalue weighted by molar-refractivity contribution is 6.33. The van der Waals surface area contributed by atoms with E-state index < -0.39 is 0 Å². The van der Waals surface area contributed by atoms with Crippen LogP contribution in [0.5, 0.6) is 0 Å². The molecular weight excluding hydrogens is 512 g/mol. The summed E-state index contributed by atoms with van der Waals surface area (Å²) in [5, 5.41) is 5.06. The summed E-state index contributed by atoms with van der Waals surface area (Å²) in [4.78, 5) is 41.3. The van der Waals surface area contributed by atoms with Gasteiger partial charge in [0.05, 0.1) is 16.9 Å². The molecule has 2 N–H and O–H groups in total. The van der Waals surface area contributed by atoms with Crippen molar-refractivity contribution in [3.63, 3.8) is 0 Å². The van der Waals surface area contributed by atoms with Gasteiger partial charge in [0.25, 0.3) is 0 Å². The number of aromatic amines is 1. The average molecular weight is 547 g/mol. The molecule has 2 aliphatic rings. The minimum Gasteiger partial charge on any atom is -0.360 e. The molecule has 9 heteroatoms. The molecule has 1 unspecified atom stereocenters. The number of hydrogen-bond donors (Lipinski definition) is 2. The van der Waals surface area contributed by atoms with Crippen LogP contribution in [0, 0.1) is 5.92 Å². The number of hydrogen-bond acceptors (Lipinski definition) is 5. The molecule has 0 spiro atoms. The number of nitrogens with one attached hydrogen (secondary N) is 2. The van der Waals surface area contributed by atoms with E-state index in [1.165, 1.54) is 12.2 Å². The number of rotatable bonds is 8. The first-order chi connectivity index (χ1) is 19.0. The second kappa shape index (κ2) is 12.0. The maximum absolute atomic E-state index is 12.9. The minimum absolute atomic E-state index is 0.0369. The lowest BCUT2D eigenvalue weighted by molar-refractivity contribution is -0.131. The van der Waals surface area contributed by atoms with Crippen molar-refractivity contribution in [1.29, 1.82) is 0 Å². The zero-order valence-electron chi connectivity index (χ0n) is 22.1. The van der Waals surface area contributed by atoms with Crippen LogP contribution >= 0.6 is 11.6 Å². The van der Waals surface area contributed by atoms with E-state index >= 15 is 0 Å². The molecule has 0 radical (unpaired) electrons. The molecule has 1 aromatic carbocycles. The summed E-state index contributed by atoms with van der Waals surface area (Å²) >= 11 is 6.50. The summed E-state index contributed by atoms with van der Waals surface area (Å²) in [6.45, 7) is 9.41. The molecule has 1 saturated heterocycles. The Hall–Kier alpha value is -3.65. The number of para-hydroxylation sites is 1. The smallest absolute Gasteiger partial charge is 0.246 e. The Bertz CT molecular complexity index is 1360. The van der Waals surface area contributed by atoms with E-state index in [1.807, 2.05) is 40.3 Å². The third kappa shape index (κ3) is 6.01. The Kier molecular flexibility index (Phi) is 8.31. The van der Waals surface area contributed by atoms with Crippen LogP contribution in [-0.2, 0) is 9.59 Å². The number of halogens is 1. The van der Waals surface area contributed by atoms with Gasteiger partial charge < -0.3 is 20.1 Å². The first-order valence-corrected chi connectivity index (χ1v) is 14.0. The second-order valence-electron chi connectivity index (χ2n) is 10.5. The second-order valence-corrected chi connectivity index (χ2v) is 10.9. The highest BCUT2D eigenvalue weighted by atomic mass is 35.5. The summed E-state index contributed by atoms with van der Waals surface area (Å²) in [5.74, 6) is 0.734. The number of fused-ring (bicyclic) bond motifs is 1. The van der Waals surface area contributed by atoms with Crippen LogP contribution in [0.2, 0.25) is 5.02 Å². The predicted molar refractivity (Wildman–Crippen MR) is 155 cm³/mol. The number of likely N-dealkylation sites (tertiary alicyclic amines) is 1. The normalized spacial score (nSPS) is 21.4. The van der Waals surface area contributed by atoms with Crippen LogP contribution in [0.25, 0.3) is 22.2 Å². The maximum Gasteiger partial charge on any atom is 0.246 e. The van der Waals surface area contributed by atoms with Gasteiger partial charge in [0.1, 0.15) is 0 Å². The van der Waals surface area contributed by atoms with Gasteiger partial charge in [-0.1, -0.05) is 43.0 Å². The SMILES string of the molecule is C=CC(=O)N1CCCC(CN(C(=O)C=C)[C@H]2CC[C@H](Nc3ncc(Cl)c(-c4c[nH]c5ccccc45)n3)CC2)C1. The third-order valence-corrected chi connectivity index (χ3v) is 8.25. The standard InChI is InChI=1S/C30H35ClN6O2/c1-3-27(38)36-15-7-8-20(18-36)19-37(28(39)4-2)22-13-11-21(12-14-22)34-30-33-17-25(31)29(35-30)24-16-32-26-10-6-5-9-23(24)26/h3-6,9-10,16-17,20-22,32H,1-2,7-8,11-15,18-19H2,(H,33,34,35)/t20?,21-,22-. The molecule has 3 heterocycles. The molecular formula is C30H35ClN6O2. The molecule has 2 amide bonds. The lowest BCUT2D eigenvalue weighted by atomic mass is 9.88. The number of H-pyrrole nitrogens is 1. The Morgan fingerprint density at radius 3 is 2.72 bits per heavy atom. The quantitative estimate of drug-likeness (QED) is 0.367. The van der Waals surface area contributed by atoms with Crippen LogP contribution in [0.15, 0.2) is 62.0 Å². The largest absolute Gasteiger partial charge is 0.360 e. The zero-order valence-corrected chi connectivity index (χ0v) is 22.9. The molecule has 1 aliphatic carbocycles. The lowest BCUT2D eigenvalue weighted by Gasteiger charge is -2.40. The van der Waals surface area contributed by atoms with Crippen LogP contribution in [-0.4, -0.2) is 68.3 Å². The highest BCUT2D eigenvalue weighted by Crippen LogP contribution is 2.33. The molecule has 1 atom stereocenters. The zero-order chi connectivity index (χ0) is 27.4. The Balaban J connectivity index is 1.22. The van der Waals surface area contributed by atoms with Crippen molar-refractivity contribution in [2.75, 3.05) is 25.0 Å². The van der Waals surface area contributed by atoms with E-state index in [9.17, 15) is 9.59 Å². The van der Waals surface area contributed by atoms with Crippen molar-refractivity contribution in [2.45, 2.75) is 50.6 Å². The number of anilines is 1. The number of amides is 2. The molecule has 1 aliphatic heterocycles. The number of nitrogens with zero attached hydrogens (tertiary/aromatic N) is 4. The average Bonchev–Trinajstić information content (AvgIpc) is 3.41. The van der Waals surface area contributed by atoms with E-state index in [0.29, 0.717) is 29.8 Å². The van der Waals surface area contributed by atoms with Gasteiger partial charge in [-0.25, -0.2) is 9.97 Å². The summed E-state index contributed by atoms with van der Waals surface area (Å²) in [6, 6.07) is 8.41. The molecule has 5 rings (SSSR count). The van der Waals surface area contributed by atoms with Crippen LogP contribution in [0.3, 0.4) is 0 Å². The Morgan fingerprint density at radius 1 is 1.15 bits per heavy atom. The van der Waals surface area contributed by atoms with Gasteiger partial charge in [-0.15, -0.1) is 0 Å². The van der Waals surface area contributed by atoms with E-state index in [4.69, 9.17) is 16.6 Å². The molecule has 3 aromatic rings. The predicted octanol–water partition coefficient (Wildman–Crippen LogP) is 5.44. The maximum atomic E-state index is 12.9. The Labute approximate surface area is 234 Å². The van der Waals surface area contributed by atoms with Gasteiger partial charge >= 0.3 is 0 Å².